The molecule has 0 aliphatic rings. The van der Waals surface area contributed by atoms with Crippen molar-refractivity contribution in [1.29, 1.82) is 0 Å². The van der Waals surface area contributed by atoms with Gasteiger partial charge in [0.1, 0.15) is 5.75 Å². The Hall–Kier alpha value is -2.79. The lowest BCUT2D eigenvalue weighted by Crippen LogP contribution is -2.31. The molecule has 0 N–H and O–H groups in total. The molecule has 0 bridgehead atoms. The normalized spacial score (nSPS) is 12.0. The van der Waals surface area contributed by atoms with Crippen molar-refractivity contribution in [2.75, 3.05) is 7.11 Å². The van der Waals surface area contributed by atoms with E-state index in [2.05, 4.69) is 0 Å². The number of hydrogen-bond donors (Lipinski definition) is 0. The van der Waals surface area contributed by atoms with E-state index in [-0.39, 0.29) is 5.91 Å². The van der Waals surface area contributed by atoms with Crippen LogP contribution < -0.4 is 4.74 Å². The second-order valence-corrected chi connectivity index (χ2v) is 6.17. The van der Waals surface area contributed by atoms with Crippen molar-refractivity contribution in [3.05, 3.63) is 65.3 Å². The second kappa shape index (κ2) is 7.62. The van der Waals surface area contributed by atoms with E-state index in [1.807, 2.05) is 19.1 Å². The molecule has 0 aliphatic heterocycles. The van der Waals surface area contributed by atoms with Crippen LogP contribution in [0.25, 0.3) is 10.9 Å². The number of fused-ring (bicyclic) bond motifs is 1. The number of nitrogens with zero attached hydrogens (tertiary/aromatic N) is 1. The molecule has 0 saturated carbocycles. The Bertz CT molecular complexity index is 963. The third-order valence-electron chi connectivity index (χ3n) is 4.08. The van der Waals surface area contributed by atoms with E-state index in [0.717, 1.165) is 0 Å². The Morgan fingerprint density at radius 2 is 1.92 bits per heavy atom. The van der Waals surface area contributed by atoms with Gasteiger partial charge in [-0.15, -0.1) is 0 Å². The van der Waals surface area contributed by atoms with Crippen LogP contribution in [0.3, 0.4) is 0 Å². The van der Waals surface area contributed by atoms with Crippen molar-refractivity contribution in [3.8, 4) is 5.75 Å². The lowest BCUT2D eigenvalue weighted by atomic mass is 10.2. The minimum atomic E-state index is -0.713. The largest absolute Gasteiger partial charge is 0.481 e. The van der Waals surface area contributed by atoms with Gasteiger partial charge in [-0.1, -0.05) is 42.8 Å². The molecule has 2 aromatic carbocycles. The van der Waals surface area contributed by atoms with Gasteiger partial charge in [0.05, 0.1) is 18.2 Å². The van der Waals surface area contributed by atoms with Crippen molar-refractivity contribution >= 4 is 34.4 Å². The minimum Gasteiger partial charge on any atom is -0.481 e. The van der Waals surface area contributed by atoms with Crippen molar-refractivity contribution < 1.29 is 19.1 Å². The van der Waals surface area contributed by atoms with E-state index in [1.165, 1.54) is 17.9 Å². The Morgan fingerprint density at radius 1 is 1.15 bits per heavy atom. The minimum absolute atomic E-state index is 0.265. The molecule has 1 heterocycles. The molecule has 0 saturated heterocycles. The lowest BCUT2D eigenvalue weighted by Gasteiger charge is -2.17. The number of carbonyl (C=O) groups excluding carboxylic acids is 2. The second-order valence-electron chi connectivity index (χ2n) is 5.73. The summed E-state index contributed by atoms with van der Waals surface area (Å²) in [6, 6.07) is 14.1. The molecule has 3 aromatic rings. The highest BCUT2D eigenvalue weighted by Gasteiger charge is 2.25. The van der Waals surface area contributed by atoms with Crippen molar-refractivity contribution in [3.63, 3.8) is 0 Å². The highest BCUT2D eigenvalue weighted by atomic mass is 35.5. The molecule has 0 unspecified atom stereocenters. The first-order chi connectivity index (χ1) is 12.5. The number of aromatic nitrogens is 1. The van der Waals surface area contributed by atoms with Gasteiger partial charge in [-0.05, 0) is 30.7 Å². The molecular formula is C20H18ClNO4. The molecule has 0 spiro atoms. The van der Waals surface area contributed by atoms with Gasteiger partial charge >= 0.3 is 5.97 Å². The number of carbonyl (C=O) groups is 2. The number of halogens is 1. The molecular weight excluding hydrogens is 354 g/mol. The fourth-order valence-electron chi connectivity index (χ4n) is 2.80. The van der Waals surface area contributed by atoms with Crippen LogP contribution in [0.15, 0.2) is 54.7 Å². The number of para-hydroxylation sites is 1. The first-order valence-corrected chi connectivity index (χ1v) is 8.57. The summed E-state index contributed by atoms with van der Waals surface area (Å²) in [7, 11) is 1.31. The van der Waals surface area contributed by atoms with Gasteiger partial charge in [0.25, 0.3) is 5.91 Å². The standard InChI is InChI=1S/C20H18ClNO4/c1-3-18(26-14-8-6-7-13(21)11-14)19(23)22-12-16(20(24)25-2)15-9-4-5-10-17(15)22/h4-12,18H,3H2,1-2H3/t18-/m0/s1. The molecule has 1 atom stereocenters. The van der Waals surface area contributed by atoms with Crippen LogP contribution in [-0.2, 0) is 4.74 Å². The average molecular weight is 372 g/mol. The van der Waals surface area contributed by atoms with Crippen LogP contribution in [-0.4, -0.2) is 29.7 Å². The van der Waals surface area contributed by atoms with Crippen LogP contribution in [0.4, 0.5) is 0 Å². The Balaban J connectivity index is 1.99. The number of rotatable bonds is 5. The van der Waals surface area contributed by atoms with E-state index in [9.17, 15) is 9.59 Å². The average Bonchev–Trinajstić information content (AvgIpc) is 3.05. The topological polar surface area (TPSA) is 57.5 Å². The van der Waals surface area contributed by atoms with E-state index in [0.29, 0.717) is 33.7 Å². The van der Waals surface area contributed by atoms with Gasteiger partial charge in [0.2, 0.25) is 0 Å². The van der Waals surface area contributed by atoms with Gasteiger partial charge in [-0.3, -0.25) is 9.36 Å². The molecule has 26 heavy (non-hydrogen) atoms. The fraction of sp³-hybridized carbons (Fsp3) is 0.200. The Morgan fingerprint density at radius 3 is 2.62 bits per heavy atom. The third-order valence-corrected chi connectivity index (χ3v) is 4.31. The van der Waals surface area contributed by atoms with E-state index >= 15 is 0 Å². The first kappa shape index (κ1) is 18.0. The van der Waals surface area contributed by atoms with Gasteiger partial charge in [-0.25, -0.2) is 4.79 Å². The Kier molecular flexibility index (Phi) is 5.28. The lowest BCUT2D eigenvalue weighted by molar-refractivity contribution is 0.0602. The van der Waals surface area contributed by atoms with E-state index in [4.69, 9.17) is 21.1 Å². The zero-order valence-electron chi connectivity index (χ0n) is 14.4. The summed E-state index contributed by atoms with van der Waals surface area (Å²) >= 11 is 5.98. The Labute approximate surface area is 156 Å². The number of hydrogen-bond acceptors (Lipinski definition) is 4. The van der Waals surface area contributed by atoms with Gasteiger partial charge in [0.15, 0.2) is 6.10 Å². The molecule has 3 rings (SSSR count). The first-order valence-electron chi connectivity index (χ1n) is 8.20. The highest BCUT2D eigenvalue weighted by molar-refractivity contribution is 6.30. The summed E-state index contributed by atoms with van der Waals surface area (Å²) in [4.78, 5) is 25.1. The van der Waals surface area contributed by atoms with Crippen molar-refractivity contribution in [2.24, 2.45) is 0 Å². The SMILES string of the molecule is CC[C@H](Oc1cccc(Cl)c1)C(=O)n1cc(C(=O)OC)c2ccccc21. The number of ether oxygens (including phenoxy) is 2. The monoisotopic (exact) mass is 371 g/mol. The van der Waals surface area contributed by atoms with Crippen LogP contribution >= 0.6 is 11.6 Å². The molecule has 5 nitrogen and oxygen atoms in total. The molecule has 0 aliphatic carbocycles. The van der Waals surface area contributed by atoms with Crippen molar-refractivity contribution in [2.45, 2.75) is 19.4 Å². The summed E-state index contributed by atoms with van der Waals surface area (Å²) in [5.41, 5.74) is 0.972. The van der Waals surface area contributed by atoms with Crippen LogP contribution in [0.5, 0.6) is 5.75 Å². The predicted molar refractivity (Wildman–Crippen MR) is 100 cm³/mol. The number of benzene rings is 2. The quantitative estimate of drug-likeness (QED) is 0.616. The molecule has 0 radical (unpaired) electrons. The van der Waals surface area contributed by atoms with Crippen LogP contribution in [0.1, 0.15) is 28.5 Å². The number of methoxy groups -OCH3 is 1. The summed E-state index contributed by atoms with van der Waals surface area (Å²) in [6.07, 6.45) is 1.25. The summed E-state index contributed by atoms with van der Waals surface area (Å²) in [5.74, 6) is -0.238. The highest BCUT2D eigenvalue weighted by Crippen LogP contribution is 2.24. The van der Waals surface area contributed by atoms with Gasteiger partial charge in [0, 0.05) is 16.6 Å². The summed E-state index contributed by atoms with van der Waals surface area (Å²) in [6.45, 7) is 1.86. The molecule has 0 amide bonds. The predicted octanol–water partition coefficient (Wildman–Crippen LogP) is 4.58. The zero-order valence-corrected chi connectivity index (χ0v) is 15.2. The van der Waals surface area contributed by atoms with Crippen LogP contribution in [0.2, 0.25) is 5.02 Å². The maximum atomic E-state index is 13.1. The van der Waals surface area contributed by atoms with E-state index < -0.39 is 12.1 Å². The summed E-state index contributed by atoms with van der Waals surface area (Å²) < 4.78 is 12.1. The molecule has 6 heteroatoms. The molecule has 0 fully saturated rings. The maximum absolute atomic E-state index is 13.1. The van der Waals surface area contributed by atoms with Crippen LogP contribution in [0, 0.1) is 0 Å². The number of esters is 1. The third kappa shape index (κ3) is 3.44. The fourth-order valence-corrected chi connectivity index (χ4v) is 2.98. The van der Waals surface area contributed by atoms with Gasteiger partial charge < -0.3 is 9.47 Å². The molecule has 1 aromatic heterocycles. The van der Waals surface area contributed by atoms with Crippen molar-refractivity contribution in [1.82, 2.24) is 4.57 Å². The summed E-state index contributed by atoms with van der Waals surface area (Å²) in [5, 5.41) is 1.19. The van der Waals surface area contributed by atoms with Gasteiger partial charge in [-0.2, -0.15) is 0 Å². The smallest absolute Gasteiger partial charge is 0.340 e. The van der Waals surface area contributed by atoms with E-state index in [1.54, 1.807) is 36.4 Å². The molecule has 134 valence electrons. The maximum Gasteiger partial charge on any atom is 0.340 e. The zero-order chi connectivity index (χ0) is 18.7.